The van der Waals surface area contributed by atoms with Crippen LogP contribution in [0.15, 0.2) is 0 Å². The molecule has 2 nitrogen and oxygen atoms in total. The average molecular weight is 250 g/mol. The highest BCUT2D eigenvalue weighted by Crippen LogP contribution is 2.32. The molecule has 0 radical (unpaired) electrons. The summed E-state index contributed by atoms with van der Waals surface area (Å²) in [5.74, 6) is 0.762. The van der Waals surface area contributed by atoms with Crippen molar-refractivity contribution in [1.29, 1.82) is 0 Å². The standard InChI is InChI=1S/C10H20BrNO/c1-8-4-10(2,3)12(6-8)7-9(13)5-11/h8-9,13H,4-7H2,1-3H3. The van der Waals surface area contributed by atoms with Gasteiger partial charge in [0.15, 0.2) is 0 Å². The van der Waals surface area contributed by atoms with E-state index >= 15 is 0 Å². The van der Waals surface area contributed by atoms with Gasteiger partial charge in [0.25, 0.3) is 0 Å². The van der Waals surface area contributed by atoms with E-state index in [4.69, 9.17) is 0 Å². The molecule has 1 rings (SSSR count). The van der Waals surface area contributed by atoms with Gasteiger partial charge in [0.2, 0.25) is 0 Å². The molecule has 13 heavy (non-hydrogen) atoms. The Labute approximate surface area is 89.4 Å². The predicted molar refractivity (Wildman–Crippen MR) is 59.2 cm³/mol. The number of aliphatic hydroxyl groups excluding tert-OH is 1. The summed E-state index contributed by atoms with van der Waals surface area (Å²) in [7, 11) is 0. The second-order valence-corrected chi connectivity index (χ2v) is 5.48. The van der Waals surface area contributed by atoms with Gasteiger partial charge in [-0.1, -0.05) is 22.9 Å². The van der Waals surface area contributed by atoms with Crippen molar-refractivity contribution in [1.82, 2.24) is 4.90 Å². The van der Waals surface area contributed by atoms with Crippen LogP contribution in [-0.2, 0) is 0 Å². The number of likely N-dealkylation sites (tertiary alicyclic amines) is 1. The molecule has 0 spiro atoms. The van der Waals surface area contributed by atoms with Gasteiger partial charge in [0.05, 0.1) is 6.10 Å². The fourth-order valence-electron chi connectivity index (χ4n) is 2.29. The van der Waals surface area contributed by atoms with E-state index in [1.807, 2.05) is 0 Å². The lowest BCUT2D eigenvalue weighted by Crippen LogP contribution is -2.43. The molecule has 1 heterocycles. The topological polar surface area (TPSA) is 23.5 Å². The van der Waals surface area contributed by atoms with Gasteiger partial charge < -0.3 is 5.11 Å². The Bertz CT molecular complexity index is 172. The van der Waals surface area contributed by atoms with Crippen molar-refractivity contribution in [3.05, 3.63) is 0 Å². The number of aliphatic hydroxyl groups is 1. The fourth-order valence-corrected chi connectivity index (χ4v) is 2.50. The van der Waals surface area contributed by atoms with Crippen molar-refractivity contribution < 1.29 is 5.11 Å². The zero-order valence-electron chi connectivity index (χ0n) is 8.76. The molecule has 0 aliphatic carbocycles. The first-order chi connectivity index (χ1) is 5.95. The first kappa shape index (κ1) is 11.5. The maximum Gasteiger partial charge on any atom is 0.0763 e. The average Bonchev–Trinajstić information content (AvgIpc) is 2.24. The molecular formula is C10H20BrNO. The lowest BCUT2D eigenvalue weighted by atomic mass is 9.97. The van der Waals surface area contributed by atoms with Crippen LogP contribution >= 0.6 is 15.9 Å². The summed E-state index contributed by atoms with van der Waals surface area (Å²) in [4.78, 5) is 2.39. The predicted octanol–water partition coefficient (Wildman–Crippen LogP) is 1.86. The molecule has 1 fully saturated rings. The monoisotopic (exact) mass is 249 g/mol. The summed E-state index contributed by atoms with van der Waals surface area (Å²) in [5, 5.41) is 10.2. The number of nitrogens with zero attached hydrogens (tertiary/aromatic N) is 1. The Morgan fingerprint density at radius 1 is 1.62 bits per heavy atom. The highest BCUT2D eigenvalue weighted by Gasteiger charge is 2.36. The first-order valence-corrected chi connectivity index (χ1v) is 6.07. The number of hydrogen-bond acceptors (Lipinski definition) is 2. The van der Waals surface area contributed by atoms with E-state index in [2.05, 4.69) is 41.6 Å². The molecule has 3 heteroatoms. The third-order valence-corrected chi connectivity index (χ3v) is 3.59. The minimum Gasteiger partial charge on any atom is -0.391 e. The van der Waals surface area contributed by atoms with E-state index in [-0.39, 0.29) is 11.6 Å². The lowest BCUT2D eigenvalue weighted by Gasteiger charge is -2.32. The summed E-state index contributed by atoms with van der Waals surface area (Å²) >= 11 is 3.30. The van der Waals surface area contributed by atoms with Crippen LogP contribution in [0.4, 0.5) is 0 Å². The van der Waals surface area contributed by atoms with Crippen molar-refractivity contribution in [3.63, 3.8) is 0 Å². The highest BCUT2D eigenvalue weighted by molar-refractivity contribution is 9.09. The van der Waals surface area contributed by atoms with Gasteiger partial charge in [0.1, 0.15) is 0 Å². The SMILES string of the molecule is CC1CN(CC(O)CBr)C(C)(C)C1. The molecule has 0 bridgehead atoms. The highest BCUT2D eigenvalue weighted by atomic mass is 79.9. The second kappa shape index (κ2) is 4.28. The van der Waals surface area contributed by atoms with Crippen molar-refractivity contribution in [2.75, 3.05) is 18.4 Å². The smallest absolute Gasteiger partial charge is 0.0763 e. The van der Waals surface area contributed by atoms with Crippen LogP contribution in [0.5, 0.6) is 0 Å². The fraction of sp³-hybridized carbons (Fsp3) is 1.00. The van der Waals surface area contributed by atoms with Gasteiger partial charge in [-0.15, -0.1) is 0 Å². The van der Waals surface area contributed by atoms with Crippen molar-refractivity contribution in [2.24, 2.45) is 5.92 Å². The molecule has 78 valence electrons. The van der Waals surface area contributed by atoms with Gasteiger partial charge in [0, 0.05) is 24.0 Å². The minimum absolute atomic E-state index is 0.232. The van der Waals surface area contributed by atoms with Crippen LogP contribution in [-0.4, -0.2) is 40.1 Å². The molecule has 0 aromatic rings. The van der Waals surface area contributed by atoms with Crippen LogP contribution in [0.1, 0.15) is 27.2 Å². The molecule has 1 N–H and O–H groups in total. The molecule has 1 aliphatic heterocycles. The Balaban J connectivity index is 2.50. The normalized spacial score (nSPS) is 30.7. The zero-order valence-corrected chi connectivity index (χ0v) is 10.3. The lowest BCUT2D eigenvalue weighted by molar-refractivity contribution is 0.0910. The zero-order chi connectivity index (χ0) is 10.1. The number of halogens is 1. The van der Waals surface area contributed by atoms with Crippen molar-refractivity contribution in [2.45, 2.75) is 38.8 Å². The first-order valence-electron chi connectivity index (χ1n) is 4.95. The van der Waals surface area contributed by atoms with Gasteiger partial charge in [-0.05, 0) is 26.2 Å². The van der Waals surface area contributed by atoms with Crippen molar-refractivity contribution >= 4 is 15.9 Å². The Morgan fingerprint density at radius 3 is 2.62 bits per heavy atom. The maximum absolute atomic E-state index is 9.55. The molecule has 1 saturated heterocycles. The van der Waals surface area contributed by atoms with Gasteiger partial charge in [-0.3, -0.25) is 4.90 Å². The Morgan fingerprint density at radius 2 is 2.23 bits per heavy atom. The van der Waals surface area contributed by atoms with Gasteiger partial charge in [-0.25, -0.2) is 0 Å². The summed E-state index contributed by atoms with van der Waals surface area (Å²) in [5.41, 5.74) is 0.266. The van der Waals surface area contributed by atoms with E-state index < -0.39 is 0 Å². The van der Waals surface area contributed by atoms with Crippen molar-refractivity contribution in [3.8, 4) is 0 Å². The quantitative estimate of drug-likeness (QED) is 0.773. The third-order valence-electron chi connectivity index (χ3n) is 2.85. The Kier molecular flexibility index (Phi) is 3.78. The van der Waals surface area contributed by atoms with Crippen LogP contribution in [0.25, 0.3) is 0 Å². The maximum atomic E-state index is 9.55. The number of rotatable bonds is 3. The summed E-state index contributed by atoms with van der Waals surface area (Å²) < 4.78 is 0. The van der Waals surface area contributed by atoms with E-state index in [0.29, 0.717) is 5.33 Å². The Hall–Kier alpha value is 0.400. The van der Waals surface area contributed by atoms with E-state index in [1.54, 1.807) is 0 Å². The molecule has 1 aliphatic rings. The van der Waals surface area contributed by atoms with E-state index in [0.717, 1.165) is 19.0 Å². The second-order valence-electron chi connectivity index (χ2n) is 4.83. The largest absolute Gasteiger partial charge is 0.391 e. The number of hydrogen-bond donors (Lipinski definition) is 1. The molecule has 2 unspecified atom stereocenters. The summed E-state index contributed by atoms with van der Waals surface area (Å²) in [6, 6.07) is 0. The van der Waals surface area contributed by atoms with Gasteiger partial charge >= 0.3 is 0 Å². The summed E-state index contributed by atoms with van der Waals surface area (Å²) in [6.07, 6.45) is 1.01. The van der Waals surface area contributed by atoms with Crippen LogP contribution in [0.2, 0.25) is 0 Å². The van der Waals surface area contributed by atoms with Crippen LogP contribution < -0.4 is 0 Å². The number of alkyl halides is 1. The molecule has 0 saturated carbocycles. The molecule has 0 aromatic heterocycles. The minimum atomic E-state index is -0.232. The molecule has 0 aromatic carbocycles. The van der Waals surface area contributed by atoms with E-state index in [1.165, 1.54) is 6.42 Å². The molecule has 0 amide bonds. The third kappa shape index (κ3) is 2.93. The number of β-amino-alcohol motifs (C(OH)–C–C–N with tert-alkyl or cyclic N) is 1. The van der Waals surface area contributed by atoms with Gasteiger partial charge in [-0.2, -0.15) is 0 Å². The molecular weight excluding hydrogens is 230 g/mol. The van der Waals surface area contributed by atoms with Crippen LogP contribution in [0, 0.1) is 5.92 Å². The summed E-state index contributed by atoms with van der Waals surface area (Å²) in [6.45, 7) is 8.72. The molecule has 2 atom stereocenters. The van der Waals surface area contributed by atoms with Crippen LogP contribution in [0.3, 0.4) is 0 Å². The van der Waals surface area contributed by atoms with E-state index in [9.17, 15) is 5.11 Å².